The molecule has 0 fully saturated rings. The minimum Gasteiger partial charge on any atom is -0.355 e. The Labute approximate surface area is 442 Å². The van der Waals surface area contributed by atoms with Crippen LogP contribution in [-0.4, -0.2) is 142 Å². The van der Waals surface area contributed by atoms with E-state index in [4.69, 9.17) is 5.73 Å². The zero-order valence-corrected chi connectivity index (χ0v) is 44.1. The zero-order chi connectivity index (χ0) is 56.1. The van der Waals surface area contributed by atoms with E-state index in [0.717, 1.165) is 25.9 Å². The molecule has 6 aromatic heterocycles. The smallest absolute Gasteiger partial charge is 0.292 e. The first-order chi connectivity index (χ1) is 36.6. The van der Waals surface area contributed by atoms with E-state index < -0.39 is 41.4 Å². The molecule has 0 aliphatic carbocycles. The molecule has 11 N–H and O–H groups in total. The highest BCUT2D eigenvalue weighted by Crippen LogP contribution is 2.21. The number of amides is 9. The van der Waals surface area contributed by atoms with Crippen molar-refractivity contribution in [3.8, 4) is 0 Å². The Morgan fingerprint density at radius 1 is 0.468 bits per heavy atom. The Hall–Kier alpha value is -9.31. The number of rotatable bonds is 25. The highest BCUT2D eigenvalue weighted by atomic mass is 16.2. The van der Waals surface area contributed by atoms with Crippen molar-refractivity contribution in [2.24, 2.45) is 48.0 Å². The van der Waals surface area contributed by atoms with Crippen molar-refractivity contribution in [1.29, 1.82) is 0 Å². The quantitative estimate of drug-likeness (QED) is 0.0360. The number of carbonyl (C=O) groups excluding carboxylic acids is 9. The lowest BCUT2D eigenvalue weighted by Gasteiger charge is -2.15. The number of carbonyl (C=O) groups is 9. The average molecular weight is 1060 g/mol. The lowest BCUT2D eigenvalue weighted by atomic mass is 10.3. The first kappa shape index (κ1) is 57.0. The second kappa shape index (κ2) is 25.8. The molecule has 28 heteroatoms. The number of anilines is 6. The number of aryl methyl sites for hydroxylation is 6. The van der Waals surface area contributed by atoms with Crippen LogP contribution in [0.25, 0.3) is 0 Å². The van der Waals surface area contributed by atoms with Crippen molar-refractivity contribution in [1.82, 2.24) is 58.2 Å². The summed E-state index contributed by atoms with van der Waals surface area (Å²) in [4.78, 5) is 126. The van der Waals surface area contributed by atoms with Crippen molar-refractivity contribution < 1.29 is 43.2 Å². The van der Waals surface area contributed by atoms with Crippen LogP contribution in [0, 0.1) is 0 Å². The molecule has 6 heterocycles. The molecular formula is C49H65N19O9. The summed E-state index contributed by atoms with van der Waals surface area (Å²) in [7, 11) is 11.7. The summed E-state index contributed by atoms with van der Waals surface area (Å²) in [5.41, 5.74) is 7.94. The average Bonchev–Trinajstić information content (AvgIpc) is 4.24. The summed E-state index contributed by atoms with van der Waals surface area (Å²) in [6.45, 7) is 4.02. The van der Waals surface area contributed by atoms with Crippen LogP contribution < -0.4 is 53.6 Å². The fraction of sp³-hybridized carbons (Fsp3) is 0.367. The van der Waals surface area contributed by atoms with Gasteiger partial charge in [-0.05, 0) is 70.2 Å². The van der Waals surface area contributed by atoms with Gasteiger partial charge in [0.05, 0.1) is 29.3 Å². The molecule has 28 nitrogen and oxygen atoms in total. The van der Waals surface area contributed by atoms with Crippen molar-refractivity contribution in [2.45, 2.75) is 32.6 Å². The van der Waals surface area contributed by atoms with Crippen LogP contribution in [0.4, 0.5) is 34.4 Å². The number of aromatic nitrogens is 8. The molecule has 410 valence electrons. The number of nitrogens with zero attached hydrogens (tertiary/aromatic N) is 9. The van der Waals surface area contributed by atoms with Gasteiger partial charge < -0.3 is 85.9 Å². The molecule has 0 saturated carbocycles. The Morgan fingerprint density at radius 3 is 1.38 bits per heavy atom. The van der Waals surface area contributed by atoms with E-state index in [2.05, 4.69) is 62.7 Å². The number of nitrogens with one attached hydrogen (secondary N) is 9. The van der Waals surface area contributed by atoms with Crippen LogP contribution in [0.3, 0.4) is 0 Å². The molecule has 9 amide bonds. The molecule has 0 spiro atoms. The van der Waals surface area contributed by atoms with E-state index in [9.17, 15) is 43.2 Å². The summed E-state index contributed by atoms with van der Waals surface area (Å²) in [5.74, 6) is -4.26. The van der Waals surface area contributed by atoms with Gasteiger partial charge in [-0.2, -0.15) is 0 Å². The summed E-state index contributed by atoms with van der Waals surface area (Å²) >= 11 is 0. The topological polar surface area (TPSA) is 347 Å². The molecular weight excluding hydrogens is 999 g/mol. The van der Waals surface area contributed by atoms with E-state index in [1.54, 1.807) is 65.4 Å². The van der Waals surface area contributed by atoms with Crippen LogP contribution >= 0.6 is 0 Å². The van der Waals surface area contributed by atoms with Gasteiger partial charge in [-0.3, -0.25) is 43.2 Å². The molecule has 0 aliphatic rings. The van der Waals surface area contributed by atoms with Gasteiger partial charge in [-0.25, -0.2) is 9.97 Å². The molecule has 6 rings (SSSR count). The van der Waals surface area contributed by atoms with Crippen LogP contribution in [0.1, 0.15) is 95.8 Å². The fourth-order valence-corrected chi connectivity index (χ4v) is 7.97. The van der Waals surface area contributed by atoms with Crippen molar-refractivity contribution in [2.75, 3.05) is 78.2 Å². The summed E-state index contributed by atoms with van der Waals surface area (Å²) in [6, 6.07) is 5.98. The van der Waals surface area contributed by atoms with Crippen LogP contribution in [0.15, 0.2) is 61.4 Å². The predicted octanol–water partition coefficient (Wildman–Crippen LogP) is 1.14. The minimum atomic E-state index is -0.679. The monoisotopic (exact) mass is 1060 g/mol. The second-order valence-corrected chi connectivity index (χ2v) is 18.3. The van der Waals surface area contributed by atoms with Crippen LogP contribution in [0.2, 0.25) is 0 Å². The van der Waals surface area contributed by atoms with E-state index in [1.807, 2.05) is 7.05 Å². The SMILES string of the molecule is CC(=O)Nc1cc(C(=O)Nc2cc(C(=O)Nc3cc(C(=O)NCCCC(=O)Nc4cn(C)c(C(=O)Nc5cn(C)c(C(=O)Nc6cc(C(=O)NCC(=O)NCCCN(C)CCCN)n(C)c6)n5)n4)n(C)c3)n(C)c2)n(C)c1. The zero-order valence-electron chi connectivity index (χ0n) is 44.1. The van der Waals surface area contributed by atoms with Gasteiger partial charge in [0.1, 0.15) is 22.8 Å². The van der Waals surface area contributed by atoms with Gasteiger partial charge in [-0.15, -0.1) is 0 Å². The van der Waals surface area contributed by atoms with Gasteiger partial charge in [0, 0.05) is 106 Å². The van der Waals surface area contributed by atoms with Gasteiger partial charge in [0.25, 0.3) is 35.4 Å². The number of nitrogens with two attached hydrogens (primary N) is 1. The predicted molar refractivity (Wildman–Crippen MR) is 286 cm³/mol. The van der Waals surface area contributed by atoms with Crippen molar-refractivity contribution in [3.63, 3.8) is 0 Å². The van der Waals surface area contributed by atoms with Gasteiger partial charge in [0.15, 0.2) is 11.6 Å². The second-order valence-electron chi connectivity index (χ2n) is 18.3. The van der Waals surface area contributed by atoms with E-state index >= 15 is 0 Å². The normalized spacial score (nSPS) is 11.0. The fourth-order valence-electron chi connectivity index (χ4n) is 7.97. The third-order valence-corrected chi connectivity index (χ3v) is 11.8. The van der Waals surface area contributed by atoms with Crippen molar-refractivity contribution in [3.05, 3.63) is 95.9 Å². The highest BCUT2D eigenvalue weighted by molar-refractivity contribution is 6.08. The molecule has 0 aromatic carbocycles. The van der Waals surface area contributed by atoms with Gasteiger partial charge in [-0.1, -0.05) is 0 Å². The van der Waals surface area contributed by atoms with Gasteiger partial charge >= 0.3 is 0 Å². The van der Waals surface area contributed by atoms with E-state index in [0.29, 0.717) is 30.2 Å². The molecule has 0 saturated heterocycles. The minimum absolute atomic E-state index is 0.000321. The summed E-state index contributed by atoms with van der Waals surface area (Å²) < 4.78 is 8.93. The lowest BCUT2D eigenvalue weighted by Crippen LogP contribution is -2.38. The number of hydrogen-bond donors (Lipinski definition) is 10. The highest BCUT2D eigenvalue weighted by Gasteiger charge is 2.23. The van der Waals surface area contributed by atoms with Crippen LogP contribution in [-0.2, 0) is 56.7 Å². The molecule has 0 atom stereocenters. The Morgan fingerprint density at radius 2 is 0.883 bits per heavy atom. The maximum Gasteiger partial charge on any atom is 0.292 e. The standard InChI is InChI=1S/C49H65N19O9/c1-29(69)54-30-18-36(65(5)23-30)46(74)56-32-21-37(66(6)25-32)47(75)55-31-19-34(63(3)24-31)44(72)52-14-9-12-40(70)58-38-27-67(7)43(59-38)49(77)61-39-28-68(8)42(60-39)48(76)57-33-20-35(64(4)26-33)45(73)53-22-41(71)51-15-11-17-62(2)16-10-13-50/h18-21,23-28H,9-17,22,50H2,1-8H3,(H,51,71)(H,52,72)(H,53,73)(H,54,69)(H,55,75)(H,56,74)(H,57,76)(H,58,70)(H,61,77). The molecule has 0 radical (unpaired) electrons. The summed E-state index contributed by atoms with van der Waals surface area (Å²) in [6.07, 6.45) is 11.0. The molecule has 0 bridgehead atoms. The van der Waals surface area contributed by atoms with E-state index in [1.165, 1.54) is 72.6 Å². The van der Waals surface area contributed by atoms with Crippen molar-refractivity contribution >= 4 is 87.5 Å². The Kier molecular flexibility index (Phi) is 19.1. The molecule has 77 heavy (non-hydrogen) atoms. The molecule has 6 aromatic rings. The third kappa shape index (κ3) is 15.6. The molecule has 0 unspecified atom stereocenters. The first-order valence-electron chi connectivity index (χ1n) is 24.4. The number of hydrogen-bond acceptors (Lipinski definition) is 13. The Balaban J connectivity index is 0.911. The largest absolute Gasteiger partial charge is 0.355 e. The van der Waals surface area contributed by atoms with E-state index in [-0.39, 0.29) is 89.5 Å². The van der Waals surface area contributed by atoms with Crippen LogP contribution in [0.5, 0.6) is 0 Å². The summed E-state index contributed by atoms with van der Waals surface area (Å²) in [5, 5.41) is 24.2. The molecule has 0 aliphatic heterocycles. The van der Waals surface area contributed by atoms with Gasteiger partial charge in [0.2, 0.25) is 29.4 Å². The maximum absolute atomic E-state index is 13.3. The first-order valence-corrected chi connectivity index (χ1v) is 24.4. The third-order valence-electron chi connectivity index (χ3n) is 11.8. The lowest BCUT2D eigenvalue weighted by molar-refractivity contribution is -0.120. The maximum atomic E-state index is 13.3. The Bertz CT molecular complexity index is 3180. The number of imidazole rings is 2.